The Morgan fingerprint density at radius 3 is 2.17 bits per heavy atom. The first-order chi connectivity index (χ1) is 16.1. The first-order valence-electron chi connectivity index (χ1n) is 10.9. The molecule has 0 saturated carbocycles. The largest absolute Gasteiger partial charge is 0.350 e. The van der Waals surface area contributed by atoms with Gasteiger partial charge in [0.05, 0.1) is 11.9 Å². The molecule has 1 N–H and O–H groups in total. The number of rotatable bonds is 9. The highest BCUT2D eigenvalue weighted by Gasteiger charge is 2.33. The van der Waals surface area contributed by atoms with Crippen LogP contribution in [0.25, 0.3) is 0 Å². The molecule has 0 fully saturated rings. The van der Waals surface area contributed by atoms with Gasteiger partial charge in [0.15, 0.2) is 0 Å². The van der Waals surface area contributed by atoms with E-state index in [9.17, 15) is 22.4 Å². The lowest BCUT2D eigenvalue weighted by molar-refractivity contribution is -0.141. The van der Waals surface area contributed by atoms with E-state index in [2.05, 4.69) is 5.32 Å². The molecule has 0 heterocycles. The third-order valence-corrected chi connectivity index (χ3v) is 6.76. The lowest BCUT2D eigenvalue weighted by atomic mass is 10.1. The summed E-state index contributed by atoms with van der Waals surface area (Å²) in [4.78, 5) is 28.0. The standard InChI is InChI=1S/C24H30Cl2FN3O4S/c1-6-21(23(32)28-24(2,3)4)29(14-16-7-8-17(25)13-20(16)26)22(31)15-30(35(5,33)34)19-11-9-18(27)10-12-19/h7-13,21H,6,14-15H2,1-5H3,(H,28,32)/t21-/m1/s1. The summed E-state index contributed by atoms with van der Waals surface area (Å²) in [5.41, 5.74) is 0.113. The number of benzene rings is 2. The van der Waals surface area contributed by atoms with Gasteiger partial charge in [-0.05, 0) is 69.2 Å². The van der Waals surface area contributed by atoms with E-state index in [1.807, 2.05) is 20.8 Å². The van der Waals surface area contributed by atoms with Crippen molar-refractivity contribution in [3.05, 3.63) is 63.9 Å². The van der Waals surface area contributed by atoms with E-state index in [0.29, 0.717) is 15.6 Å². The molecule has 0 aromatic heterocycles. The molecule has 35 heavy (non-hydrogen) atoms. The van der Waals surface area contributed by atoms with E-state index in [1.54, 1.807) is 19.1 Å². The Bertz CT molecular complexity index is 1170. The number of carbonyl (C=O) groups excluding carboxylic acids is 2. The van der Waals surface area contributed by atoms with Crippen LogP contribution in [0.1, 0.15) is 39.7 Å². The maximum atomic E-state index is 13.6. The first-order valence-corrected chi connectivity index (χ1v) is 13.5. The molecule has 11 heteroatoms. The number of nitrogens with zero attached hydrogens (tertiary/aromatic N) is 2. The van der Waals surface area contributed by atoms with Crippen molar-refractivity contribution in [2.75, 3.05) is 17.1 Å². The van der Waals surface area contributed by atoms with Gasteiger partial charge in [-0.25, -0.2) is 12.8 Å². The minimum absolute atomic E-state index is 0.0497. The fourth-order valence-corrected chi connectivity index (χ4v) is 4.74. The topological polar surface area (TPSA) is 86.8 Å². The van der Waals surface area contributed by atoms with Gasteiger partial charge in [0.1, 0.15) is 18.4 Å². The van der Waals surface area contributed by atoms with Gasteiger partial charge in [0.25, 0.3) is 0 Å². The van der Waals surface area contributed by atoms with Crippen LogP contribution in [-0.4, -0.2) is 49.5 Å². The summed E-state index contributed by atoms with van der Waals surface area (Å²) in [5.74, 6) is -1.55. The minimum atomic E-state index is -3.91. The molecule has 7 nitrogen and oxygen atoms in total. The molecule has 0 bridgehead atoms. The van der Waals surface area contributed by atoms with Crippen LogP contribution in [0.4, 0.5) is 10.1 Å². The van der Waals surface area contributed by atoms with Gasteiger partial charge >= 0.3 is 0 Å². The van der Waals surface area contributed by atoms with Crippen molar-refractivity contribution in [2.45, 2.75) is 52.2 Å². The molecule has 2 aromatic rings. The third-order valence-electron chi connectivity index (χ3n) is 5.03. The Hall–Kier alpha value is -2.36. The van der Waals surface area contributed by atoms with Crippen molar-refractivity contribution in [3.63, 3.8) is 0 Å². The summed E-state index contributed by atoms with van der Waals surface area (Å²) in [5, 5.41) is 3.59. The summed E-state index contributed by atoms with van der Waals surface area (Å²) in [6.07, 6.45) is 1.22. The Morgan fingerprint density at radius 1 is 1.09 bits per heavy atom. The van der Waals surface area contributed by atoms with Gasteiger partial charge in [0, 0.05) is 22.1 Å². The zero-order chi connectivity index (χ0) is 26.6. The number of hydrogen-bond acceptors (Lipinski definition) is 4. The average molecular weight is 546 g/mol. The Balaban J connectivity index is 2.48. The molecule has 0 aliphatic heterocycles. The fraction of sp³-hybridized carbons (Fsp3) is 0.417. The monoisotopic (exact) mass is 545 g/mol. The summed E-state index contributed by atoms with van der Waals surface area (Å²) in [7, 11) is -3.91. The number of halogens is 3. The summed E-state index contributed by atoms with van der Waals surface area (Å²) in [6, 6.07) is 8.64. The summed E-state index contributed by atoms with van der Waals surface area (Å²) >= 11 is 12.3. The highest BCUT2D eigenvalue weighted by atomic mass is 35.5. The lowest BCUT2D eigenvalue weighted by Crippen LogP contribution is -2.55. The van der Waals surface area contributed by atoms with Crippen LogP contribution in [-0.2, 0) is 26.2 Å². The van der Waals surface area contributed by atoms with Crippen LogP contribution < -0.4 is 9.62 Å². The number of nitrogens with one attached hydrogen (secondary N) is 1. The van der Waals surface area contributed by atoms with E-state index in [0.717, 1.165) is 22.7 Å². The highest BCUT2D eigenvalue weighted by Crippen LogP contribution is 2.25. The van der Waals surface area contributed by atoms with E-state index >= 15 is 0 Å². The van der Waals surface area contributed by atoms with Gasteiger partial charge in [-0.1, -0.05) is 36.2 Å². The van der Waals surface area contributed by atoms with Crippen molar-refractivity contribution >= 4 is 50.7 Å². The van der Waals surface area contributed by atoms with Crippen molar-refractivity contribution in [2.24, 2.45) is 0 Å². The number of amides is 2. The second-order valence-electron chi connectivity index (χ2n) is 9.17. The normalized spacial score (nSPS) is 12.7. The molecule has 0 saturated heterocycles. The molecule has 0 aliphatic carbocycles. The summed E-state index contributed by atoms with van der Waals surface area (Å²) in [6.45, 7) is 6.57. The van der Waals surface area contributed by atoms with Gasteiger partial charge in [-0.2, -0.15) is 0 Å². The quantitative estimate of drug-likeness (QED) is 0.498. The van der Waals surface area contributed by atoms with E-state index in [1.165, 1.54) is 23.1 Å². The average Bonchev–Trinajstić information content (AvgIpc) is 2.72. The van der Waals surface area contributed by atoms with Gasteiger partial charge < -0.3 is 10.2 Å². The minimum Gasteiger partial charge on any atom is -0.350 e. The second-order valence-corrected chi connectivity index (χ2v) is 11.9. The Labute approximate surface area is 216 Å². The predicted octanol–water partition coefficient (Wildman–Crippen LogP) is 4.62. The molecule has 0 spiro atoms. The molecule has 192 valence electrons. The van der Waals surface area contributed by atoms with E-state index < -0.39 is 39.9 Å². The van der Waals surface area contributed by atoms with Crippen molar-refractivity contribution in [3.8, 4) is 0 Å². The first kappa shape index (κ1) is 28.9. The number of carbonyl (C=O) groups is 2. The fourth-order valence-electron chi connectivity index (χ4n) is 3.43. The smallest absolute Gasteiger partial charge is 0.244 e. The van der Waals surface area contributed by atoms with Crippen LogP contribution in [0.3, 0.4) is 0 Å². The van der Waals surface area contributed by atoms with Crippen LogP contribution in [0.5, 0.6) is 0 Å². The zero-order valence-corrected chi connectivity index (χ0v) is 22.6. The van der Waals surface area contributed by atoms with Crippen molar-refractivity contribution in [1.82, 2.24) is 10.2 Å². The van der Waals surface area contributed by atoms with E-state index in [4.69, 9.17) is 23.2 Å². The Kier molecular flexibility index (Phi) is 9.56. The highest BCUT2D eigenvalue weighted by molar-refractivity contribution is 7.92. The summed E-state index contributed by atoms with van der Waals surface area (Å²) < 4.78 is 39.4. The van der Waals surface area contributed by atoms with Crippen molar-refractivity contribution in [1.29, 1.82) is 0 Å². The maximum absolute atomic E-state index is 13.6. The van der Waals surface area contributed by atoms with E-state index in [-0.39, 0.29) is 24.6 Å². The molecule has 0 radical (unpaired) electrons. The van der Waals surface area contributed by atoms with Gasteiger partial charge in [-0.3, -0.25) is 13.9 Å². The van der Waals surface area contributed by atoms with Crippen LogP contribution in [0.2, 0.25) is 10.0 Å². The van der Waals surface area contributed by atoms with Crippen LogP contribution in [0.15, 0.2) is 42.5 Å². The van der Waals surface area contributed by atoms with Crippen LogP contribution >= 0.6 is 23.2 Å². The Morgan fingerprint density at radius 2 is 1.69 bits per heavy atom. The zero-order valence-electron chi connectivity index (χ0n) is 20.3. The molecule has 0 aliphatic rings. The lowest BCUT2D eigenvalue weighted by Gasteiger charge is -2.34. The number of sulfonamides is 1. The van der Waals surface area contributed by atoms with Gasteiger partial charge in [-0.15, -0.1) is 0 Å². The molecule has 2 aromatic carbocycles. The predicted molar refractivity (Wildman–Crippen MR) is 138 cm³/mol. The second kappa shape index (κ2) is 11.6. The van der Waals surface area contributed by atoms with Crippen molar-refractivity contribution < 1.29 is 22.4 Å². The van der Waals surface area contributed by atoms with Crippen LogP contribution in [0, 0.1) is 5.82 Å². The maximum Gasteiger partial charge on any atom is 0.244 e. The third kappa shape index (κ3) is 8.37. The molecule has 2 rings (SSSR count). The SMILES string of the molecule is CC[C@H](C(=O)NC(C)(C)C)N(Cc1ccc(Cl)cc1Cl)C(=O)CN(c1ccc(F)cc1)S(C)(=O)=O. The molecule has 1 atom stereocenters. The molecular weight excluding hydrogens is 516 g/mol. The molecular formula is C24H30Cl2FN3O4S. The van der Waals surface area contributed by atoms with Gasteiger partial charge in [0.2, 0.25) is 21.8 Å². The number of hydrogen-bond donors (Lipinski definition) is 1. The number of anilines is 1. The molecule has 0 unspecified atom stereocenters. The molecule has 2 amide bonds.